The summed E-state index contributed by atoms with van der Waals surface area (Å²) in [5.41, 5.74) is 8.00. The number of hydrogen-bond acceptors (Lipinski definition) is 8. The van der Waals surface area contributed by atoms with E-state index in [0.717, 1.165) is 50.8 Å². The fraction of sp³-hybridized carbons (Fsp3) is 0.559. The number of aromatic hydroxyl groups is 1. The summed E-state index contributed by atoms with van der Waals surface area (Å²) in [6, 6.07) is 7.79. The summed E-state index contributed by atoms with van der Waals surface area (Å²) in [7, 11) is 0. The van der Waals surface area contributed by atoms with Crippen LogP contribution in [0.5, 0.6) is 5.75 Å². The molecule has 0 spiro atoms. The average molecular weight is 603 g/mol. The first-order valence-electron chi connectivity index (χ1n) is 16.1. The molecule has 10 nitrogen and oxygen atoms in total. The maximum Gasteiger partial charge on any atom is 0.410 e. The highest BCUT2D eigenvalue weighted by molar-refractivity contribution is 5.70. The summed E-state index contributed by atoms with van der Waals surface area (Å²) in [5, 5.41) is 10.2. The highest BCUT2D eigenvalue weighted by atomic mass is 16.6. The lowest BCUT2D eigenvalue weighted by Crippen LogP contribution is -2.52. The molecule has 2 aromatic heterocycles. The van der Waals surface area contributed by atoms with Crippen molar-refractivity contribution in [2.45, 2.75) is 89.6 Å². The summed E-state index contributed by atoms with van der Waals surface area (Å²) in [6.07, 6.45) is 15.9. The van der Waals surface area contributed by atoms with E-state index in [1.165, 1.54) is 12.8 Å². The molecule has 1 amide bonds. The molecule has 4 heterocycles. The van der Waals surface area contributed by atoms with Crippen molar-refractivity contribution in [3.8, 4) is 17.0 Å². The van der Waals surface area contributed by atoms with E-state index < -0.39 is 5.60 Å². The number of amides is 1. The lowest BCUT2D eigenvalue weighted by atomic mass is 9.84. The zero-order valence-corrected chi connectivity index (χ0v) is 26.2. The number of nitrogens with two attached hydrogens (primary N) is 1. The van der Waals surface area contributed by atoms with E-state index in [4.69, 9.17) is 15.2 Å². The van der Waals surface area contributed by atoms with Gasteiger partial charge in [-0.1, -0.05) is 24.3 Å². The predicted octanol–water partition coefficient (Wildman–Crippen LogP) is 5.75. The Hall–Kier alpha value is -3.63. The molecule has 3 fully saturated rings. The van der Waals surface area contributed by atoms with Gasteiger partial charge in [-0.2, -0.15) is 4.98 Å². The Morgan fingerprint density at radius 3 is 2.45 bits per heavy atom. The topological polar surface area (TPSA) is 118 Å². The number of rotatable bonds is 7. The standard InChI is InChI=1S/C34H46N6O4/c1-34(2,3)44-33(42)39-17-13-26(14-18-39)43-27-19-25(20-27)38-15-11-23(12-16-38)7-6-8-24-21-40-22-29(36-32(40)37-31(24)35)28-9-4-5-10-30(28)41/h4-6,8-10,21-23,25-27,41H,7,11-20H2,1-3H3,(H2,35,36,37)/b8-6+/t25-,27-. The highest BCUT2D eigenvalue weighted by Crippen LogP contribution is 2.34. The van der Waals surface area contributed by atoms with E-state index in [9.17, 15) is 9.90 Å². The van der Waals surface area contributed by atoms with Crippen LogP contribution in [0.2, 0.25) is 0 Å². The van der Waals surface area contributed by atoms with Crippen molar-refractivity contribution in [2.24, 2.45) is 5.92 Å². The number of para-hydroxylation sites is 1. The van der Waals surface area contributed by atoms with Crippen LogP contribution < -0.4 is 5.73 Å². The van der Waals surface area contributed by atoms with E-state index in [2.05, 4.69) is 27.0 Å². The van der Waals surface area contributed by atoms with Crippen LogP contribution in [0.15, 0.2) is 42.7 Å². The number of carbonyl (C=O) groups is 1. The number of ether oxygens (including phenoxy) is 2. The smallest absolute Gasteiger partial charge is 0.410 e. The van der Waals surface area contributed by atoms with Crippen LogP contribution >= 0.6 is 0 Å². The summed E-state index contributed by atoms with van der Waals surface area (Å²) in [5.74, 6) is 1.82. The quantitative estimate of drug-likeness (QED) is 0.351. The number of aromatic nitrogens is 3. The number of phenols is 1. The Balaban J connectivity index is 0.912. The van der Waals surface area contributed by atoms with Crippen molar-refractivity contribution in [1.29, 1.82) is 0 Å². The fourth-order valence-electron chi connectivity index (χ4n) is 6.56. The molecule has 0 radical (unpaired) electrons. The lowest BCUT2D eigenvalue weighted by molar-refractivity contribution is -0.106. The molecule has 0 unspecified atom stereocenters. The molecular formula is C34H46N6O4. The third-order valence-corrected chi connectivity index (χ3v) is 9.17. The van der Waals surface area contributed by atoms with E-state index in [1.54, 1.807) is 12.1 Å². The van der Waals surface area contributed by atoms with Gasteiger partial charge in [-0.15, -0.1) is 0 Å². The number of hydrogen-bond donors (Lipinski definition) is 2. The SMILES string of the molecule is CC(C)(C)OC(=O)N1CCC(O[C@H]2C[C@H](N3CCC(C/C=C/c4cn5cc(-c6ccccc6O)nc5nc4N)CC3)C2)CC1. The Morgan fingerprint density at radius 1 is 1.02 bits per heavy atom. The van der Waals surface area contributed by atoms with Crippen molar-refractivity contribution in [3.63, 3.8) is 0 Å². The van der Waals surface area contributed by atoms with Crippen LogP contribution in [0, 0.1) is 5.92 Å². The maximum atomic E-state index is 12.3. The number of phenolic OH excluding ortho intramolecular Hbond substituents is 1. The van der Waals surface area contributed by atoms with Gasteiger partial charge in [0.2, 0.25) is 5.78 Å². The molecule has 0 atom stereocenters. The number of piperidine rings is 2. The van der Waals surface area contributed by atoms with Gasteiger partial charge < -0.3 is 30.1 Å². The molecule has 1 aliphatic carbocycles. The van der Waals surface area contributed by atoms with Gasteiger partial charge in [0.1, 0.15) is 17.2 Å². The zero-order chi connectivity index (χ0) is 30.8. The minimum Gasteiger partial charge on any atom is -0.507 e. The molecule has 1 aromatic carbocycles. The van der Waals surface area contributed by atoms with E-state index in [1.807, 2.05) is 54.6 Å². The van der Waals surface area contributed by atoms with E-state index >= 15 is 0 Å². The monoisotopic (exact) mass is 602 g/mol. The fourth-order valence-corrected chi connectivity index (χ4v) is 6.56. The predicted molar refractivity (Wildman–Crippen MR) is 171 cm³/mol. The van der Waals surface area contributed by atoms with Crippen LogP contribution in [0.3, 0.4) is 0 Å². The van der Waals surface area contributed by atoms with Gasteiger partial charge in [0.25, 0.3) is 0 Å². The number of nitrogen functional groups attached to an aromatic ring is 1. The largest absolute Gasteiger partial charge is 0.507 e. The molecular weight excluding hydrogens is 556 g/mol. The number of imidazole rings is 1. The third kappa shape index (κ3) is 7.18. The summed E-state index contributed by atoms with van der Waals surface area (Å²) < 4.78 is 13.8. The molecule has 3 aliphatic rings. The summed E-state index contributed by atoms with van der Waals surface area (Å²) in [6.45, 7) is 9.42. The van der Waals surface area contributed by atoms with Gasteiger partial charge in [-0.3, -0.25) is 4.40 Å². The Morgan fingerprint density at radius 2 is 1.75 bits per heavy atom. The van der Waals surface area contributed by atoms with Crippen LogP contribution in [-0.4, -0.2) is 85.4 Å². The van der Waals surface area contributed by atoms with Crippen molar-refractivity contribution in [1.82, 2.24) is 24.2 Å². The number of carbonyl (C=O) groups excluding carboxylic acids is 1. The normalized spacial score (nSPS) is 22.5. The highest BCUT2D eigenvalue weighted by Gasteiger charge is 2.38. The first-order valence-corrected chi connectivity index (χ1v) is 16.1. The van der Waals surface area contributed by atoms with E-state index in [0.29, 0.717) is 54.0 Å². The summed E-state index contributed by atoms with van der Waals surface area (Å²) >= 11 is 0. The molecule has 10 heteroatoms. The van der Waals surface area contributed by atoms with Gasteiger partial charge >= 0.3 is 6.09 Å². The first kappa shape index (κ1) is 30.4. The number of benzene rings is 1. The van der Waals surface area contributed by atoms with Gasteiger partial charge in [-0.05, 0) is 96.9 Å². The molecule has 2 saturated heterocycles. The Labute approximate surface area is 259 Å². The van der Waals surface area contributed by atoms with Gasteiger partial charge in [0.15, 0.2) is 0 Å². The zero-order valence-electron chi connectivity index (χ0n) is 26.2. The van der Waals surface area contributed by atoms with Crippen molar-refractivity contribution in [2.75, 3.05) is 31.9 Å². The molecule has 236 valence electrons. The minimum absolute atomic E-state index is 0.189. The molecule has 2 aliphatic heterocycles. The first-order chi connectivity index (χ1) is 21.1. The van der Waals surface area contributed by atoms with Crippen LogP contribution in [0.4, 0.5) is 10.6 Å². The van der Waals surface area contributed by atoms with Crippen LogP contribution in [0.25, 0.3) is 23.1 Å². The van der Waals surface area contributed by atoms with Crippen molar-refractivity contribution in [3.05, 3.63) is 48.3 Å². The number of anilines is 1. The van der Waals surface area contributed by atoms with Gasteiger partial charge in [-0.25, -0.2) is 9.78 Å². The molecule has 1 saturated carbocycles. The van der Waals surface area contributed by atoms with Gasteiger partial charge in [0, 0.05) is 42.7 Å². The summed E-state index contributed by atoms with van der Waals surface area (Å²) in [4.78, 5) is 25.8. The second-order valence-electron chi connectivity index (χ2n) is 13.6. The van der Waals surface area contributed by atoms with Crippen molar-refractivity contribution < 1.29 is 19.4 Å². The Kier molecular flexibility index (Phi) is 8.82. The second-order valence-corrected chi connectivity index (χ2v) is 13.6. The average Bonchev–Trinajstić information content (AvgIpc) is 3.37. The number of fused-ring (bicyclic) bond motifs is 1. The minimum atomic E-state index is -0.457. The number of nitrogens with zero attached hydrogens (tertiary/aromatic N) is 5. The number of allylic oxidation sites excluding steroid dienone is 1. The number of likely N-dealkylation sites (tertiary alicyclic amines) is 2. The molecule has 6 rings (SSSR count). The van der Waals surface area contributed by atoms with Crippen LogP contribution in [-0.2, 0) is 9.47 Å². The second kappa shape index (κ2) is 12.8. The molecule has 0 bridgehead atoms. The Bertz CT molecular complexity index is 1470. The van der Waals surface area contributed by atoms with E-state index in [-0.39, 0.29) is 17.9 Å². The third-order valence-electron chi connectivity index (χ3n) is 9.17. The molecule has 3 aromatic rings. The molecule has 44 heavy (non-hydrogen) atoms. The van der Waals surface area contributed by atoms with Gasteiger partial charge in [0.05, 0.1) is 17.9 Å². The van der Waals surface area contributed by atoms with Crippen LogP contribution in [0.1, 0.15) is 71.3 Å². The molecule has 3 N–H and O–H groups in total. The maximum absolute atomic E-state index is 12.3. The lowest BCUT2D eigenvalue weighted by Gasteiger charge is -2.47. The van der Waals surface area contributed by atoms with Crippen molar-refractivity contribution >= 4 is 23.8 Å².